The lowest BCUT2D eigenvalue weighted by Crippen LogP contribution is -2.20. The molecule has 1 aromatic heterocycles. The maximum atomic E-state index is 13.5. The van der Waals surface area contributed by atoms with Crippen LogP contribution in [-0.4, -0.2) is 15.8 Å². The first-order valence-corrected chi connectivity index (χ1v) is 7.37. The number of aromatic nitrogens is 2. The van der Waals surface area contributed by atoms with Gasteiger partial charge in [-0.25, -0.2) is 9.18 Å². The summed E-state index contributed by atoms with van der Waals surface area (Å²) in [6.45, 7) is 1.79. The van der Waals surface area contributed by atoms with E-state index in [0.29, 0.717) is 5.69 Å². The van der Waals surface area contributed by atoms with Gasteiger partial charge in [-0.05, 0) is 42.8 Å². The first-order valence-electron chi connectivity index (χ1n) is 7.37. The number of aryl methyl sites for hydroxylation is 2. The minimum atomic E-state index is -0.469. The molecule has 3 aromatic rings. The van der Waals surface area contributed by atoms with Gasteiger partial charge in [0.15, 0.2) is 0 Å². The second-order valence-corrected chi connectivity index (χ2v) is 5.11. The summed E-state index contributed by atoms with van der Waals surface area (Å²) in [5.74, 6) is -0.446. The number of benzene rings is 2. The molecule has 24 heavy (non-hydrogen) atoms. The molecule has 2 amide bonds. The van der Waals surface area contributed by atoms with Gasteiger partial charge in [0.25, 0.3) is 0 Å². The highest BCUT2D eigenvalue weighted by atomic mass is 19.1. The molecular weight excluding hydrogens is 307 g/mol. The molecule has 0 aliphatic heterocycles. The minimum Gasteiger partial charge on any atom is -0.308 e. The van der Waals surface area contributed by atoms with E-state index < -0.39 is 11.8 Å². The third kappa shape index (κ3) is 5.57. The number of carbonyl (C=O) groups excluding carboxylic acids is 1. The van der Waals surface area contributed by atoms with Crippen LogP contribution in [0.3, 0.4) is 0 Å². The highest BCUT2D eigenvalue weighted by Crippen LogP contribution is 2.15. The minimum absolute atomic E-state index is 0.161. The van der Waals surface area contributed by atoms with Crippen molar-refractivity contribution in [3.05, 3.63) is 78.4 Å². The van der Waals surface area contributed by atoms with Gasteiger partial charge in [0.2, 0.25) is 0 Å². The van der Waals surface area contributed by atoms with Gasteiger partial charge in [-0.1, -0.05) is 24.3 Å². The highest BCUT2D eigenvalue weighted by molar-refractivity contribution is 5.99. The Morgan fingerprint density at radius 1 is 1.08 bits per heavy atom. The van der Waals surface area contributed by atoms with Crippen LogP contribution in [0.2, 0.25) is 0 Å². The van der Waals surface area contributed by atoms with E-state index >= 15 is 0 Å². The third-order valence-corrected chi connectivity index (χ3v) is 3.04. The largest absolute Gasteiger partial charge is 0.323 e. The number of para-hydroxylation sites is 1. The van der Waals surface area contributed by atoms with Gasteiger partial charge in [0.1, 0.15) is 5.82 Å². The van der Waals surface area contributed by atoms with Crippen LogP contribution in [0.4, 0.5) is 20.6 Å². The zero-order chi connectivity index (χ0) is 17.4. The Bertz CT molecular complexity index is 773. The summed E-state index contributed by atoms with van der Waals surface area (Å²) in [4.78, 5) is 11.6. The molecule has 0 unspecified atom stereocenters. The van der Waals surface area contributed by atoms with E-state index in [4.69, 9.17) is 0 Å². The van der Waals surface area contributed by atoms with Crippen LogP contribution in [0.5, 0.6) is 0 Å². The number of nitrogens with zero attached hydrogens (tertiary/aromatic N) is 2. The van der Waals surface area contributed by atoms with E-state index in [1.54, 1.807) is 36.0 Å². The molecule has 1 heterocycles. The Kier molecular flexibility index (Phi) is 6.08. The van der Waals surface area contributed by atoms with Crippen LogP contribution in [0, 0.1) is 12.7 Å². The Morgan fingerprint density at radius 3 is 2.38 bits per heavy atom. The van der Waals surface area contributed by atoms with E-state index in [-0.39, 0.29) is 5.69 Å². The molecule has 0 spiro atoms. The molecule has 0 bridgehead atoms. The van der Waals surface area contributed by atoms with Gasteiger partial charge < -0.3 is 10.6 Å². The molecule has 0 fully saturated rings. The fourth-order valence-corrected chi connectivity index (χ4v) is 1.87. The molecular formula is C18H19FN4O. The maximum Gasteiger partial charge on any atom is 0.323 e. The first-order chi connectivity index (χ1) is 11.5. The molecule has 5 nitrogen and oxygen atoms in total. The van der Waals surface area contributed by atoms with Gasteiger partial charge in [-0.3, -0.25) is 4.68 Å². The second-order valence-electron chi connectivity index (χ2n) is 5.11. The number of anilines is 2. The van der Waals surface area contributed by atoms with Crippen LogP contribution in [0.15, 0.2) is 67.0 Å². The number of rotatable bonds is 2. The van der Waals surface area contributed by atoms with Gasteiger partial charge in [-0.15, -0.1) is 0 Å². The number of nitrogens with one attached hydrogen (secondary N) is 2. The molecule has 0 radical (unpaired) electrons. The number of amides is 2. The Balaban J connectivity index is 0.000000292. The van der Waals surface area contributed by atoms with Gasteiger partial charge in [0.05, 0.1) is 5.69 Å². The van der Waals surface area contributed by atoms with Crippen molar-refractivity contribution in [1.82, 2.24) is 9.78 Å². The summed E-state index contributed by atoms with van der Waals surface area (Å²) >= 11 is 0. The number of carbonyl (C=O) groups is 1. The molecule has 0 saturated heterocycles. The van der Waals surface area contributed by atoms with E-state index in [2.05, 4.69) is 15.7 Å². The molecule has 2 N–H and O–H groups in total. The summed E-state index contributed by atoms with van der Waals surface area (Å²) in [6, 6.07) is 15.0. The zero-order valence-electron chi connectivity index (χ0n) is 13.5. The van der Waals surface area contributed by atoms with E-state index in [1.165, 1.54) is 12.1 Å². The molecule has 0 aliphatic carbocycles. The summed E-state index contributed by atoms with van der Waals surface area (Å²) in [7, 11) is 1.89. The molecule has 0 aliphatic rings. The Morgan fingerprint density at radius 2 is 1.83 bits per heavy atom. The monoisotopic (exact) mass is 326 g/mol. The molecule has 6 heteroatoms. The van der Waals surface area contributed by atoms with Crippen molar-refractivity contribution in [2.75, 3.05) is 10.6 Å². The SMILES string of the molecule is Cc1ccc(NC(=O)Nc2ccccc2)c(F)c1.Cn1cccn1. The summed E-state index contributed by atoms with van der Waals surface area (Å²) < 4.78 is 15.3. The van der Waals surface area contributed by atoms with Crippen molar-refractivity contribution in [1.29, 1.82) is 0 Å². The van der Waals surface area contributed by atoms with E-state index in [9.17, 15) is 9.18 Å². The van der Waals surface area contributed by atoms with Crippen LogP contribution in [-0.2, 0) is 7.05 Å². The number of hydrogen-bond acceptors (Lipinski definition) is 2. The highest BCUT2D eigenvalue weighted by Gasteiger charge is 2.06. The summed E-state index contributed by atoms with van der Waals surface area (Å²) in [6.07, 6.45) is 3.64. The number of urea groups is 1. The topological polar surface area (TPSA) is 59.0 Å². The van der Waals surface area contributed by atoms with Gasteiger partial charge in [-0.2, -0.15) is 5.10 Å². The average Bonchev–Trinajstić information content (AvgIpc) is 3.03. The van der Waals surface area contributed by atoms with Crippen molar-refractivity contribution in [2.24, 2.45) is 7.05 Å². The molecule has 0 atom stereocenters. The van der Waals surface area contributed by atoms with Crippen LogP contribution < -0.4 is 10.6 Å². The number of halogens is 1. The fraction of sp³-hybridized carbons (Fsp3) is 0.111. The van der Waals surface area contributed by atoms with E-state index in [0.717, 1.165) is 5.56 Å². The molecule has 2 aromatic carbocycles. The fourth-order valence-electron chi connectivity index (χ4n) is 1.87. The lowest BCUT2D eigenvalue weighted by atomic mass is 10.2. The van der Waals surface area contributed by atoms with Gasteiger partial charge >= 0.3 is 6.03 Å². The van der Waals surface area contributed by atoms with Crippen molar-refractivity contribution in [3.8, 4) is 0 Å². The standard InChI is InChI=1S/C14H13FN2O.C4H6N2/c1-10-7-8-13(12(15)9-10)17-14(18)16-11-5-3-2-4-6-11;1-6-4-2-3-5-6/h2-9H,1H3,(H2,16,17,18);2-4H,1H3. The van der Waals surface area contributed by atoms with Crippen molar-refractivity contribution in [3.63, 3.8) is 0 Å². The lowest BCUT2D eigenvalue weighted by molar-refractivity contribution is 0.262. The quantitative estimate of drug-likeness (QED) is 0.741. The third-order valence-electron chi connectivity index (χ3n) is 3.04. The number of hydrogen-bond donors (Lipinski definition) is 2. The van der Waals surface area contributed by atoms with Crippen LogP contribution in [0.1, 0.15) is 5.56 Å². The normalized spacial score (nSPS) is 9.62. The smallest absolute Gasteiger partial charge is 0.308 e. The van der Waals surface area contributed by atoms with Gasteiger partial charge in [0, 0.05) is 25.1 Å². The first kappa shape index (κ1) is 17.2. The van der Waals surface area contributed by atoms with Crippen molar-refractivity contribution < 1.29 is 9.18 Å². The van der Waals surface area contributed by atoms with Crippen molar-refractivity contribution >= 4 is 17.4 Å². The van der Waals surface area contributed by atoms with E-state index in [1.807, 2.05) is 37.5 Å². The average molecular weight is 326 g/mol. The molecule has 124 valence electrons. The predicted molar refractivity (Wildman–Crippen MR) is 93.4 cm³/mol. The Labute approximate surface area is 140 Å². The maximum absolute atomic E-state index is 13.5. The second kappa shape index (κ2) is 8.47. The molecule has 0 saturated carbocycles. The zero-order valence-corrected chi connectivity index (χ0v) is 13.5. The predicted octanol–water partition coefficient (Wildman–Crippen LogP) is 4.20. The van der Waals surface area contributed by atoms with Crippen LogP contribution >= 0.6 is 0 Å². The van der Waals surface area contributed by atoms with Crippen LogP contribution in [0.25, 0.3) is 0 Å². The van der Waals surface area contributed by atoms with Crippen molar-refractivity contribution in [2.45, 2.75) is 6.92 Å². The summed E-state index contributed by atoms with van der Waals surface area (Å²) in [5, 5.41) is 8.91. The molecule has 3 rings (SSSR count). The Hall–Kier alpha value is -3.15. The summed E-state index contributed by atoms with van der Waals surface area (Å²) in [5.41, 5.74) is 1.62. The lowest BCUT2D eigenvalue weighted by Gasteiger charge is -2.08.